The number of nitrogens with one attached hydrogen (secondary N) is 2. The Morgan fingerprint density at radius 1 is 1.33 bits per heavy atom. The molecule has 2 aromatic heterocycles. The van der Waals surface area contributed by atoms with E-state index in [0.29, 0.717) is 37.7 Å². The van der Waals surface area contributed by atoms with Crippen molar-refractivity contribution in [3.05, 3.63) is 47.1 Å². The highest BCUT2D eigenvalue weighted by molar-refractivity contribution is 6.33. The van der Waals surface area contributed by atoms with E-state index in [0.717, 1.165) is 11.5 Å². The SMILES string of the molecule is COCCNc1ncnc2c1cnn2CCNC(=O)c1ccc(F)cc1Cl. The summed E-state index contributed by atoms with van der Waals surface area (Å²) in [7, 11) is 1.63. The lowest BCUT2D eigenvalue weighted by Gasteiger charge is -2.08. The molecular weight excluding hydrogens is 375 g/mol. The lowest BCUT2D eigenvalue weighted by atomic mass is 10.2. The molecule has 1 amide bonds. The third-order valence-electron chi connectivity index (χ3n) is 3.82. The number of rotatable bonds is 8. The fourth-order valence-electron chi connectivity index (χ4n) is 2.51. The maximum absolute atomic E-state index is 13.1. The van der Waals surface area contributed by atoms with Crippen LogP contribution in [0.4, 0.5) is 10.2 Å². The van der Waals surface area contributed by atoms with E-state index in [1.165, 1.54) is 18.5 Å². The number of amides is 1. The van der Waals surface area contributed by atoms with Gasteiger partial charge in [0.2, 0.25) is 0 Å². The zero-order valence-corrected chi connectivity index (χ0v) is 15.3. The minimum absolute atomic E-state index is 0.0663. The van der Waals surface area contributed by atoms with Crippen LogP contribution in [-0.4, -0.2) is 52.5 Å². The molecule has 0 fully saturated rings. The van der Waals surface area contributed by atoms with E-state index >= 15 is 0 Å². The number of methoxy groups -OCH3 is 1. The summed E-state index contributed by atoms with van der Waals surface area (Å²) >= 11 is 5.90. The summed E-state index contributed by atoms with van der Waals surface area (Å²) in [4.78, 5) is 20.6. The van der Waals surface area contributed by atoms with Crippen molar-refractivity contribution in [2.45, 2.75) is 6.54 Å². The fraction of sp³-hybridized carbons (Fsp3) is 0.294. The van der Waals surface area contributed by atoms with Crippen molar-refractivity contribution in [1.82, 2.24) is 25.1 Å². The van der Waals surface area contributed by atoms with Gasteiger partial charge >= 0.3 is 0 Å². The molecule has 3 aromatic rings. The van der Waals surface area contributed by atoms with Crippen LogP contribution in [0.15, 0.2) is 30.7 Å². The van der Waals surface area contributed by atoms with E-state index in [-0.39, 0.29) is 16.5 Å². The van der Waals surface area contributed by atoms with Crippen LogP contribution in [0.3, 0.4) is 0 Å². The van der Waals surface area contributed by atoms with Crippen LogP contribution < -0.4 is 10.6 Å². The number of fused-ring (bicyclic) bond motifs is 1. The van der Waals surface area contributed by atoms with Crippen LogP contribution in [0.2, 0.25) is 5.02 Å². The zero-order chi connectivity index (χ0) is 19.2. The second-order valence-corrected chi connectivity index (χ2v) is 6.03. The molecule has 3 rings (SSSR count). The molecular formula is C17H18ClFN6O2. The minimum atomic E-state index is -0.492. The quantitative estimate of drug-likeness (QED) is 0.570. The van der Waals surface area contributed by atoms with Crippen molar-refractivity contribution in [3.8, 4) is 0 Å². The molecule has 27 heavy (non-hydrogen) atoms. The number of carbonyl (C=O) groups is 1. The first-order valence-corrected chi connectivity index (χ1v) is 8.60. The smallest absolute Gasteiger partial charge is 0.252 e. The Balaban J connectivity index is 1.63. The molecule has 0 aliphatic carbocycles. The number of aromatic nitrogens is 4. The predicted molar refractivity (Wildman–Crippen MR) is 99.4 cm³/mol. The number of carbonyl (C=O) groups excluding carboxylic acids is 1. The Bertz CT molecular complexity index is 948. The molecule has 1 aromatic carbocycles. The van der Waals surface area contributed by atoms with Gasteiger partial charge in [0.05, 0.1) is 35.3 Å². The van der Waals surface area contributed by atoms with Crippen LogP contribution in [0.25, 0.3) is 11.0 Å². The molecule has 0 unspecified atom stereocenters. The van der Waals surface area contributed by atoms with Gasteiger partial charge in [-0.15, -0.1) is 0 Å². The first-order chi connectivity index (χ1) is 13.1. The molecule has 0 saturated heterocycles. The van der Waals surface area contributed by atoms with E-state index in [9.17, 15) is 9.18 Å². The average molecular weight is 393 g/mol. The largest absolute Gasteiger partial charge is 0.383 e. The lowest BCUT2D eigenvalue weighted by Crippen LogP contribution is -2.27. The van der Waals surface area contributed by atoms with Gasteiger partial charge in [0.25, 0.3) is 5.91 Å². The Morgan fingerprint density at radius 2 is 2.19 bits per heavy atom. The highest BCUT2D eigenvalue weighted by Crippen LogP contribution is 2.19. The molecule has 2 N–H and O–H groups in total. The summed E-state index contributed by atoms with van der Waals surface area (Å²) in [6.45, 7) is 1.88. The maximum atomic E-state index is 13.1. The second-order valence-electron chi connectivity index (χ2n) is 5.63. The number of anilines is 1. The summed E-state index contributed by atoms with van der Waals surface area (Å²) in [6, 6.07) is 3.64. The summed E-state index contributed by atoms with van der Waals surface area (Å²) < 4.78 is 19.8. The number of halogens is 2. The summed E-state index contributed by atoms with van der Waals surface area (Å²) in [5.41, 5.74) is 0.870. The van der Waals surface area contributed by atoms with E-state index < -0.39 is 5.82 Å². The highest BCUT2D eigenvalue weighted by Gasteiger charge is 2.12. The van der Waals surface area contributed by atoms with Crippen LogP contribution in [0.1, 0.15) is 10.4 Å². The topological polar surface area (TPSA) is 94.0 Å². The fourth-order valence-corrected chi connectivity index (χ4v) is 2.77. The Morgan fingerprint density at radius 3 is 2.96 bits per heavy atom. The summed E-state index contributed by atoms with van der Waals surface area (Å²) in [6.07, 6.45) is 3.12. The van der Waals surface area contributed by atoms with Crippen molar-refractivity contribution in [2.75, 3.05) is 32.1 Å². The molecule has 0 aliphatic heterocycles. The van der Waals surface area contributed by atoms with Crippen LogP contribution in [0.5, 0.6) is 0 Å². The number of hydrogen-bond acceptors (Lipinski definition) is 6. The molecule has 0 saturated carbocycles. The highest BCUT2D eigenvalue weighted by atomic mass is 35.5. The number of benzene rings is 1. The van der Waals surface area contributed by atoms with Gasteiger partial charge in [-0.05, 0) is 18.2 Å². The molecule has 2 heterocycles. The predicted octanol–water partition coefficient (Wildman–Crippen LogP) is 2.11. The Kier molecular flexibility index (Phi) is 6.15. The van der Waals surface area contributed by atoms with Crippen LogP contribution in [0, 0.1) is 5.82 Å². The van der Waals surface area contributed by atoms with Crippen molar-refractivity contribution in [3.63, 3.8) is 0 Å². The van der Waals surface area contributed by atoms with E-state index in [4.69, 9.17) is 16.3 Å². The van der Waals surface area contributed by atoms with Crippen LogP contribution >= 0.6 is 11.6 Å². The lowest BCUT2D eigenvalue weighted by molar-refractivity contribution is 0.0952. The molecule has 8 nitrogen and oxygen atoms in total. The zero-order valence-electron chi connectivity index (χ0n) is 14.6. The van der Waals surface area contributed by atoms with Gasteiger partial charge in [0.1, 0.15) is 18.0 Å². The van der Waals surface area contributed by atoms with Gasteiger partial charge in [-0.25, -0.2) is 19.0 Å². The summed E-state index contributed by atoms with van der Waals surface area (Å²) in [5.74, 6) is -0.201. The molecule has 0 atom stereocenters. The van der Waals surface area contributed by atoms with Gasteiger partial charge in [0.15, 0.2) is 5.65 Å². The second kappa shape index (κ2) is 8.74. The van der Waals surface area contributed by atoms with Gasteiger partial charge in [-0.1, -0.05) is 11.6 Å². The van der Waals surface area contributed by atoms with Crippen LogP contribution in [-0.2, 0) is 11.3 Å². The maximum Gasteiger partial charge on any atom is 0.252 e. The van der Waals surface area contributed by atoms with Crippen molar-refractivity contribution < 1.29 is 13.9 Å². The average Bonchev–Trinajstić information content (AvgIpc) is 3.06. The number of ether oxygens (including phenoxy) is 1. The normalized spacial score (nSPS) is 10.9. The number of nitrogens with zero attached hydrogens (tertiary/aromatic N) is 4. The Labute approximate surface area is 159 Å². The van der Waals surface area contributed by atoms with Gasteiger partial charge in [0, 0.05) is 20.2 Å². The molecule has 0 aliphatic rings. The standard InChI is InChI=1S/C17H18ClFN6O2/c1-27-7-5-20-15-13-9-24-25(16(13)23-10-22-15)6-4-21-17(26)12-3-2-11(19)8-14(12)18/h2-3,8-10H,4-7H2,1H3,(H,21,26)(H,20,22,23). The summed E-state index contributed by atoms with van der Waals surface area (Å²) in [5, 5.41) is 11.0. The first-order valence-electron chi connectivity index (χ1n) is 8.22. The minimum Gasteiger partial charge on any atom is -0.383 e. The monoisotopic (exact) mass is 392 g/mol. The van der Waals surface area contributed by atoms with Gasteiger partial charge < -0.3 is 15.4 Å². The molecule has 0 bridgehead atoms. The molecule has 0 spiro atoms. The first kappa shape index (κ1) is 19.0. The van der Waals surface area contributed by atoms with Crippen molar-refractivity contribution >= 4 is 34.4 Å². The van der Waals surface area contributed by atoms with Crippen molar-refractivity contribution in [2.24, 2.45) is 0 Å². The van der Waals surface area contributed by atoms with Crippen molar-refractivity contribution in [1.29, 1.82) is 0 Å². The third-order valence-corrected chi connectivity index (χ3v) is 4.13. The van der Waals surface area contributed by atoms with E-state index in [1.807, 2.05) is 0 Å². The van der Waals surface area contributed by atoms with E-state index in [2.05, 4.69) is 25.7 Å². The molecule has 0 radical (unpaired) electrons. The van der Waals surface area contributed by atoms with Gasteiger partial charge in [-0.2, -0.15) is 5.10 Å². The Hall–Kier alpha value is -2.78. The van der Waals surface area contributed by atoms with E-state index in [1.54, 1.807) is 18.0 Å². The van der Waals surface area contributed by atoms with Gasteiger partial charge in [-0.3, -0.25) is 4.79 Å². The molecule has 142 valence electrons. The third kappa shape index (κ3) is 4.50. The number of hydrogen-bond donors (Lipinski definition) is 2. The molecule has 10 heteroatoms.